The van der Waals surface area contributed by atoms with Crippen LogP contribution in [-0.2, 0) is 43.3 Å². The molecular formula is C44H62N6O7. The molecule has 0 fully saturated rings. The van der Waals surface area contributed by atoms with Gasteiger partial charge in [0.05, 0.1) is 30.8 Å². The topological polar surface area (TPSA) is 188 Å². The highest BCUT2D eigenvalue weighted by Crippen LogP contribution is 2.19. The van der Waals surface area contributed by atoms with Gasteiger partial charge in [-0.1, -0.05) is 101 Å². The summed E-state index contributed by atoms with van der Waals surface area (Å²) >= 11 is 0. The minimum absolute atomic E-state index is 0.00139. The largest absolute Gasteiger partial charge is 0.444 e. The number of nitrogens with zero attached hydrogens (tertiary/aromatic N) is 1. The summed E-state index contributed by atoms with van der Waals surface area (Å²) < 4.78 is 5.47. The molecule has 1 heterocycles. The zero-order valence-electron chi connectivity index (χ0n) is 34.6. The minimum atomic E-state index is -1.58. The minimum Gasteiger partial charge on any atom is -0.444 e. The highest BCUT2D eigenvalue weighted by Gasteiger charge is 2.40. The summed E-state index contributed by atoms with van der Waals surface area (Å²) in [6.07, 6.45) is 0.248. The van der Waals surface area contributed by atoms with E-state index in [1.54, 1.807) is 46.0 Å². The van der Waals surface area contributed by atoms with Gasteiger partial charge >= 0.3 is 6.09 Å². The van der Waals surface area contributed by atoms with E-state index in [0.717, 1.165) is 11.1 Å². The Morgan fingerprint density at radius 1 is 0.789 bits per heavy atom. The number of hydrogen-bond donors (Lipinski definition) is 6. The lowest BCUT2D eigenvalue weighted by Crippen LogP contribution is -2.64. The fourth-order valence-electron chi connectivity index (χ4n) is 6.26. The molecule has 0 aliphatic heterocycles. The van der Waals surface area contributed by atoms with Crippen molar-refractivity contribution in [3.63, 3.8) is 0 Å². The third-order valence-corrected chi connectivity index (χ3v) is 9.47. The van der Waals surface area contributed by atoms with Crippen LogP contribution < -0.4 is 26.6 Å². The first-order chi connectivity index (χ1) is 26.9. The van der Waals surface area contributed by atoms with Gasteiger partial charge in [-0.15, -0.1) is 0 Å². The molecule has 6 N–H and O–H groups in total. The van der Waals surface area contributed by atoms with Crippen molar-refractivity contribution < 1.29 is 33.8 Å². The molecule has 2 aromatic carbocycles. The SMILES string of the molecule is CC[C@H](C)[C@H](NC(=O)C[C@H](O)[C@H](CC(C)C)NC(=O)[C@](C)(Cc1ccccc1)NC(=O)[C@H](Cc1ccccc1)NC(=O)OC(C)(C)C)C(=O)NCc1ccccn1. The summed E-state index contributed by atoms with van der Waals surface area (Å²) in [6.45, 7) is 14.6. The van der Waals surface area contributed by atoms with Crippen LogP contribution in [0.2, 0.25) is 0 Å². The molecule has 0 saturated heterocycles. The van der Waals surface area contributed by atoms with Gasteiger partial charge in [-0.05, 0) is 69.2 Å². The number of aromatic nitrogens is 1. The first-order valence-electron chi connectivity index (χ1n) is 19.7. The fourth-order valence-corrected chi connectivity index (χ4v) is 6.26. The van der Waals surface area contributed by atoms with E-state index >= 15 is 0 Å². The van der Waals surface area contributed by atoms with Crippen LogP contribution in [0, 0.1) is 11.8 Å². The third-order valence-electron chi connectivity index (χ3n) is 9.47. The average molecular weight is 787 g/mol. The maximum absolute atomic E-state index is 14.5. The Morgan fingerprint density at radius 2 is 1.40 bits per heavy atom. The van der Waals surface area contributed by atoms with Crippen molar-refractivity contribution in [2.45, 2.75) is 129 Å². The van der Waals surface area contributed by atoms with Crippen LogP contribution in [-0.4, -0.2) is 75.2 Å². The summed E-state index contributed by atoms with van der Waals surface area (Å²) in [5.41, 5.74) is -0.183. The predicted molar refractivity (Wildman–Crippen MR) is 219 cm³/mol. The highest BCUT2D eigenvalue weighted by molar-refractivity contribution is 5.94. The van der Waals surface area contributed by atoms with Crippen molar-refractivity contribution in [3.8, 4) is 0 Å². The van der Waals surface area contributed by atoms with E-state index in [-0.39, 0.29) is 37.1 Å². The number of nitrogens with one attached hydrogen (secondary N) is 5. The maximum atomic E-state index is 14.5. The molecule has 6 atom stereocenters. The average Bonchev–Trinajstić information content (AvgIpc) is 3.15. The van der Waals surface area contributed by atoms with Crippen LogP contribution in [0.25, 0.3) is 0 Å². The zero-order valence-corrected chi connectivity index (χ0v) is 34.6. The smallest absolute Gasteiger partial charge is 0.408 e. The Kier molecular flexibility index (Phi) is 17.7. The monoisotopic (exact) mass is 786 g/mol. The second-order valence-corrected chi connectivity index (χ2v) is 16.3. The molecule has 13 nitrogen and oxygen atoms in total. The van der Waals surface area contributed by atoms with Gasteiger partial charge in [-0.2, -0.15) is 0 Å². The number of amides is 5. The van der Waals surface area contributed by atoms with E-state index in [1.807, 2.05) is 94.4 Å². The Morgan fingerprint density at radius 3 is 1.96 bits per heavy atom. The Hall–Kier alpha value is -5.30. The van der Waals surface area contributed by atoms with Crippen LogP contribution in [0.15, 0.2) is 85.1 Å². The summed E-state index contributed by atoms with van der Waals surface area (Å²) in [6, 6.07) is 20.9. The van der Waals surface area contributed by atoms with E-state index in [9.17, 15) is 29.1 Å². The number of carbonyl (C=O) groups is 5. The molecule has 5 amide bonds. The summed E-state index contributed by atoms with van der Waals surface area (Å²) in [5.74, 6) is -2.34. The summed E-state index contributed by atoms with van der Waals surface area (Å²) in [4.78, 5) is 72.5. The maximum Gasteiger partial charge on any atom is 0.408 e. The fraction of sp³-hybridized carbons (Fsp3) is 0.500. The Balaban J connectivity index is 1.84. The van der Waals surface area contributed by atoms with Crippen molar-refractivity contribution in [2.24, 2.45) is 11.8 Å². The molecule has 3 aromatic rings. The van der Waals surface area contributed by atoms with Gasteiger partial charge < -0.3 is 36.4 Å². The van der Waals surface area contributed by atoms with E-state index in [2.05, 4.69) is 31.6 Å². The molecule has 0 bridgehead atoms. The van der Waals surface area contributed by atoms with Crippen molar-refractivity contribution in [3.05, 3.63) is 102 Å². The molecule has 13 heteroatoms. The molecule has 310 valence electrons. The molecule has 0 radical (unpaired) electrons. The van der Waals surface area contributed by atoms with Crippen LogP contribution in [0.5, 0.6) is 0 Å². The quantitative estimate of drug-likeness (QED) is 0.0946. The molecule has 0 spiro atoms. The van der Waals surface area contributed by atoms with E-state index in [4.69, 9.17) is 4.74 Å². The van der Waals surface area contributed by atoms with E-state index in [0.29, 0.717) is 18.5 Å². The standard InChI is InChI=1S/C44H62N6O7/c1-9-30(4)38(40(54)46-28-33-22-16-17-23-45-33)49-37(52)26-36(51)34(24-29(2)3)47-41(55)44(8,27-32-20-14-11-15-21-32)50-39(53)35(25-31-18-12-10-13-19-31)48-42(56)57-43(5,6)7/h10-23,29-30,34-36,38,51H,9,24-28H2,1-8H3,(H,46,54)(H,47,55)(H,48,56)(H,49,52)(H,50,53)/t30-,34-,35-,36-,38-,44-/m0/s1. The van der Waals surface area contributed by atoms with Crippen LogP contribution in [0.1, 0.15) is 91.5 Å². The summed E-state index contributed by atoms with van der Waals surface area (Å²) in [7, 11) is 0. The second kappa shape index (κ2) is 21.9. The molecule has 3 rings (SSSR count). The van der Waals surface area contributed by atoms with Gasteiger partial charge in [0, 0.05) is 19.0 Å². The Bertz CT molecular complexity index is 1740. The van der Waals surface area contributed by atoms with Crippen LogP contribution in [0.3, 0.4) is 0 Å². The first-order valence-corrected chi connectivity index (χ1v) is 19.7. The number of rotatable bonds is 20. The lowest BCUT2D eigenvalue weighted by molar-refractivity contribution is -0.135. The predicted octanol–water partition coefficient (Wildman–Crippen LogP) is 4.76. The van der Waals surface area contributed by atoms with Crippen molar-refractivity contribution >= 4 is 29.7 Å². The van der Waals surface area contributed by atoms with Gasteiger partial charge in [-0.3, -0.25) is 24.2 Å². The normalized spacial score (nSPS) is 15.1. The highest BCUT2D eigenvalue weighted by atomic mass is 16.6. The molecule has 1 aromatic heterocycles. The molecule has 0 aliphatic carbocycles. The van der Waals surface area contributed by atoms with Crippen LogP contribution >= 0.6 is 0 Å². The van der Waals surface area contributed by atoms with Gasteiger partial charge in [0.25, 0.3) is 0 Å². The number of aliphatic hydroxyl groups excluding tert-OH is 1. The number of carbonyl (C=O) groups excluding carboxylic acids is 5. The molecule has 0 aliphatic rings. The molecule has 57 heavy (non-hydrogen) atoms. The van der Waals surface area contributed by atoms with E-state index < -0.39 is 65.6 Å². The van der Waals surface area contributed by atoms with Gasteiger partial charge in [0.2, 0.25) is 23.6 Å². The lowest BCUT2D eigenvalue weighted by Gasteiger charge is -2.35. The van der Waals surface area contributed by atoms with Gasteiger partial charge in [0.1, 0.15) is 23.2 Å². The zero-order chi connectivity index (χ0) is 42.2. The van der Waals surface area contributed by atoms with Gasteiger partial charge in [0.15, 0.2) is 0 Å². The molecular weight excluding hydrogens is 725 g/mol. The first kappa shape index (κ1) is 46.1. The number of aliphatic hydroxyl groups is 1. The third kappa shape index (κ3) is 16.0. The lowest BCUT2D eigenvalue weighted by atomic mass is 9.89. The summed E-state index contributed by atoms with van der Waals surface area (Å²) in [5, 5.41) is 25.7. The molecule has 0 saturated carbocycles. The number of alkyl carbamates (subject to hydrolysis) is 1. The van der Waals surface area contributed by atoms with Crippen molar-refractivity contribution in [2.75, 3.05) is 0 Å². The number of benzene rings is 2. The number of hydrogen-bond acceptors (Lipinski definition) is 8. The number of pyridine rings is 1. The Labute approximate surface area is 337 Å². The van der Waals surface area contributed by atoms with Gasteiger partial charge in [-0.25, -0.2) is 4.79 Å². The van der Waals surface area contributed by atoms with E-state index in [1.165, 1.54) is 0 Å². The van der Waals surface area contributed by atoms with Crippen LogP contribution in [0.4, 0.5) is 4.79 Å². The number of ether oxygens (including phenoxy) is 1. The molecule has 0 unspecified atom stereocenters. The second-order valence-electron chi connectivity index (χ2n) is 16.3. The van der Waals surface area contributed by atoms with Crippen molar-refractivity contribution in [1.29, 1.82) is 0 Å². The van der Waals surface area contributed by atoms with Crippen molar-refractivity contribution in [1.82, 2.24) is 31.6 Å².